The molecule has 0 saturated heterocycles. The van der Waals surface area contributed by atoms with Gasteiger partial charge in [-0.1, -0.05) is 30.3 Å². The van der Waals surface area contributed by atoms with Gasteiger partial charge in [-0.3, -0.25) is 4.79 Å². The number of nitrogens with one attached hydrogen (secondary N) is 1. The van der Waals surface area contributed by atoms with Crippen LogP contribution >= 0.6 is 11.3 Å². The van der Waals surface area contributed by atoms with Gasteiger partial charge in [-0.05, 0) is 48.9 Å². The second kappa shape index (κ2) is 9.05. The van der Waals surface area contributed by atoms with Crippen LogP contribution in [0, 0.1) is 6.92 Å². The summed E-state index contributed by atoms with van der Waals surface area (Å²) in [6, 6.07) is 20.6. The molecule has 0 aliphatic carbocycles. The summed E-state index contributed by atoms with van der Waals surface area (Å²) >= 11 is 1.29. The van der Waals surface area contributed by atoms with Crippen molar-refractivity contribution in [3.8, 4) is 33.8 Å². The van der Waals surface area contributed by atoms with Crippen molar-refractivity contribution in [2.75, 3.05) is 5.32 Å². The monoisotopic (exact) mass is 454 g/mol. The largest absolute Gasteiger partial charge is 0.462 e. The number of amides is 1. The highest BCUT2D eigenvalue weighted by molar-refractivity contribution is 7.17. The molecule has 0 aliphatic heterocycles. The van der Waals surface area contributed by atoms with Crippen LogP contribution in [-0.4, -0.2) is 20.9 Å². The van der Waals surface area contributed by atoms with E-state index in [1.54, 1.807) is 42.9 Å². The Bertz CT molecular complexity index is 1380. The molecule has 3 heterocycles. The molecule has 5 rings (SSSR count). The molecule has 0 aliphatic rings. The number of aryl methyl sites for hydroxylation is 1. The normalized spacial score (nSPS) is 10.7. The fourth-order valence-corrected chi connectivity index (χ4v) is 4.18. The molecule has 0 fully saturated rings. The van der Waals surface area contributed by atoms with Gasteiger partial charge in [-0.25, -0.2) is 15.0 Å². The van der Waals surface area contributed by atoms with Crippen molar-refractivity contribution in [1.82, 2.24) is 15.0 Å². The molecule has 8 heteroatoms. The number of carbonyl (C=O) groups is 1. The van der Waals surface area contributed by atoms with E-state index in [1.807, 2.05) is 49.4 Å². The Morgan fingerprint density at radius 3 is 2.55 bits per heavy atom. The van der Waals surface area contributed by atoms with E-state index in [0.717, 1.165) is 11.1 Å². The van der Waals surface area contributed by atoms with Crippen LogP contribution in [-0.2, 0) is 0 Å². The number of thiazole rings is 1. The molecule has 5 aromatic rings. The van der Waals surface area contributed by atoms with Crippen molar-refractivity contribution in [2.24, 2.45) is 0 Å². The summed E-state index contributed by atoms with van der Waals surface area (Å²) in [4.78, 5) is 26.6. The molecular weight excluding hydrogens is 436 g/mol. The van der Waals surface area contributed by atoms with E-state index in [0.29, 0.717) is 32.8 Å². The van der Waals surface area contributed by atoms with Crippen molar-refractivity contribution >= 4 is 22.9 Å². The Morgan fingerprint density at radius 1 is 1.00 bits per heavy atom. The minimum absolute atomic E-state index is 0.243. The van der Waals surface area contributed by atoms with E-state index in [2.05, 4.69) is 15.3 Å². The molecule has 3 aromatic heterocycles. The third-order valence-corrected chi connectivity index (χ3v) is 5.88. The first-order valence-corrected chi connectivity index (χ1v) is 11.0. The summed E-state index contributed by atoms with van der Waals surface area (Å²) in [6.07, 6.45) is 4.81. The van der Waals surface area contributed by atoms with Gasteiger partial charge in [0.1, 0.15) is 10.6 Å². The summed E-state index contributed by atoms with van der Waals surface area (Å²) in [7, 11) is 0. The highest BCUT2D eigenvalue weighted by Gasteiger charge is 2.22. The van der Waals surface area contributed by atoms with Gasteiger partial charge in [0.25, 0.3) is 5.91 Å². The average Bonchev–Trinajstić information content (AvgIpc) is 3.52. The number of hydrogen-bond acceptors (Lipinski definition) is 7. The van der Waals surface area contributed by atoms with E-state index in [-0.39, 0.29) is 11.9 Å². The minimum Gasteiger partial charge on any atom is -0.462 e. The molecule has 0 saturated carbocycles. The number of furan rings is 1. The van der Waals surface area contributed by atoms with Crippen LogP contribution in [0.25, 0.3) is 22.0 Å². The lowest BCUT2D eigenvalue weighted by Gasteiger charge is -2.10. The molecule has 33 heavy (non-hydrogen) atoms. The van der Waals surface area contributed by atoms with E-state index in [4.69, 9.17) is 14.1 Å². The molecule has 1 N–H and O–H groups in total. The number of nitrogens with zero attached hydrogens (tertiary/aromatic N) is 3. The zero-order valence-electron chi connectivity index (χ0n) is 17.6. The van der Waals surface area contributed by atoms with E-state index >= 15 is 0 Å². The molecule has 7 nitrogen and oxygen atoms in total. The quantitative estimate of drug-likeness (QED) is 0.328. The van der Waals surface area contributed by atoms with Crippen LogP contribution in [0.4, 0.5) is 5.69 Å². The Kier molecular flexibility index (Phi) is 5.65. The first-order chi connectivity index (χ1) is 16.2. The SMILES string of the molecule is Cc1cc(Oc2ncccn2)ccc1NC(=O)c1sc(-c2ccco2)nc1-c1ccccc1. The molecular formula is C25H18N4O3S. The summed E-state index contributed by atoms with van der Waals surface area (Å²) in [6.45, 7) is 1.90. The summed E-state index contributed by atoms with van der Waals surface area (Å²) in [5.41, 5.74) is 2.99. The fraction of sp³-hybridized carbons (Fsp3) is 0.0400. The molecule has 1 amide bonds. The first kappa shape index (κ1) is 20.6. The van der Waals surface area contributed by atoms with E-state index in [9.17, 15) is 4.79 Å². The van der Waals surface area contributed by atoms with Gasteiger partial charge >= 0.3 is 6.01 Å². The molecule has 0 unspecified atom stereocenters. The lowest BCUT2D eigenvalue weighted by atomic mass is 10.1. The van der Waals surface area contributed by atoms with Gasteiger partial charge in [0.2, 0.25) is 0 Å². The van der Waals surface area contributed by atoms with Crippen LogP contribution < -0.4 is 10.1 Å². The third kappa shape index (κ3) is 4.51. The van der Waals surface area contributed by atoms with Gasteiger partial charge in [0.15, 0.2) is 10.8 Å². The second-order valence-corrected chi connectivity index (χ2v) is 8.10. The lowest BCUT2D eigenvalue weighted by Crippen LogP contribution is -2.12. The number of carbonyl (C=O) groups excluding carboxylic acids is 1. The highest BCUT2D eigenvalue weighted by Crippen LogP contribution is 2.35. The summed E-state index contributed by atoms with van der Waals surface area (Å²) in [5.74, 6) is 0.962. The van der Waals surface area contributed by atoms with E-state index in [1.165, 1.54) is 11.3 Å². The molecule has 0 atom stereocenters. The predicted molar refractivity (Wildman–Crippen MR) is 126 cm³/mol. The van der Waals surface area contributed by atoms with Crippen molar-refractivity contribution in [3.05, 3.63) is 95.8 Å². The summed E-state index contributed by atoms with van der Waals surface area (Å²) < 4.78 is 11.2. The predicted octanol–water partition coefficient (Wildman–Crippen LogP) is 6.21. The van der Waals surface area contributed by atoms with Gasteiger partial charge in [-0.15, -0.1) is 11.3 Å². The number of aromatic nitrogens is 3. The standard InChI is InChI=1S/C25H18N4O3S/c1-16-15-18(32-25-26-12-6-13-27-25)10-11-19(16)28-23(30)22-21(17-7-3-2-4-8-17)29-24(33-22)20-9-5-14-31-20/h2-15H,1H3,(H,28,30). The van der Waals surface area contributed by atoms with Crippen LogP contribution in [0.3, 0.4) is 0 Å². The van der Waals surface area contributed by atoms with Crippen LogP contribution in [0.15, 0.2) is 89.8 Å². The maximum Gasteiger partial charge on any atom is 0.321 e. The fourth-order valence-electron chi connectivity index (χ4n) is 3.23. The topological polar surface area (TPSA) is 90.1 Å². The minimum atomic E-state index is -0.243. The Labute approximate surface area is 193 Å². The maximum absolute atomic E-state index is 13.3. The smallest absolute Gasteiger partial charge is 0.321 e. The number of hydrogen-bond donors (Lipinski definition) is 1. The number of benzene rings is 2. The number of rotatable bonds is 6. The zero-order valence-corrected chi connectivity index (χ0v) is 18.4. The van der Waals surface area contributed by atoms with Crippen molar-refractivity contribution in [1.29, 1.82) is 0 Å². The van der Waals surface area contributed by atoms with Crippen molar-refractivity contribution in [3.63, 3.8) is 0 Å². The van der Waals surface area contributed by atoms with Crippen LogP contribution in [0.1, 0.15) is 15.2 Å². The molecule has 0 spiro atoms. The molecule has 0 bridgehead atoms. The Morgan fingerprint density at radius 2 is 1.82 bits per heavy atom. The Balaban J connectivity index is 1.42. The Hall–Kier alpha value is -4.30. The average molecular weight is 455 g/mol. The molecule has 2 aromatic carbocycles. The molecule has 0 radical (unpaired) electrons. The maximum atomic E-state index is 13.3. The van der Waals surface area contributed by atoms with Gasteiger partial charge < -0.3 is 14.5 Å². The van der Waals surface area contributed by atoms with Crippen LogP contribution in [0.2, 0.25) is 0 Å². The van der Waals surface area contributed by atoms with Crippen molar-refractivity contribution < 1.29 is 13.9 Å². The van der Waals surface area contributed by atoms with Gasteiger partial charge in [-0.2, -0.15) is 0 Å². The number of anilines is 1. The second-order valence-electron chi connectivity index (χ2n) is 7.10. The summed E-state index contributed by atoms with van der Waals surface area (Å²) in [5, 5.41) is 3.65. The van der Waals surface area contributed by atoms with E-state index < -0.39 is 0 Å². The number of ether oxygens (including phenoxy) is 1. The van der Waals surface area contributed by atoms with Gasteiger partial charge in [0, 0.05) is 23.6 Å². The lowest BCUT2D eigenvalue weighted by molar-refractivity contribution is 0.103. The van der Waals surface area contributed by atoms with Crippen LogP contribution in [0.5, 0.6) is 11.8 Å². The van der Waals surface area contributed by atoms with Gasteiger partial charge in [0.05, 0.1) is 12.0 Å². The molecule has 162 valence electrons. The third-order valence-electron chi connectivity index (χ3n) is 4.81. The zero-order chi connectivity index (χ0) is 22.6. The van der Waals surface area contributed by atoms with Crippen molar-refractivity contribution in [2.45, 2.75) is 6.92 Å². The first-order valence-electron chi connectivity index (χ1n) is 10.1. The highest BCUT2D eigenvalue weighted by atomic mass is 32.1.